The molecule has 118 valence electrons. The zero-order chi connectivity index (χ0) is 15.8. The molecule has 0 saturated heterocycles. The Labute approximate surface area is 135 Å². The van der Waals surface area contributed by atoms with Gasteiger partial charge in [0.2, 0.25) is 5.91 Å². The number of aliphatic hydroxyl groups is 1. The molecule has 0 spiro atoms. The number of para-hydroxylation sites is 1. The Bertz CT molecular complexity index is 555. The Balaban J connectivity index is 1.85. The maximum Gasteiger partial charge on any atom is 0.239 e. The van der Waals surface area contributed by atoms with Crippen molar-refractivity contribution in [3.8, 4) is 0 Å². The van der Waals surface area contributed by atoms with Gasteiger partial charge in [-0.25, -0.2) is 0 Å². The summed E-state index contributed by atoms with van der Waals surface area (Å²) in [6.45, 7) is 3.04. The molecule has 1 heterocycles. The smallest absolute Gasteiger partial charge is 0.239 e. The van der Waals surface area contributed by atoms with Gasteiger partial charge in [0, 0.05) is 23.7 Å². The van der Waals surface area contributed by atoms with Crippen LogP contribution in [0.4, 0.5) is 5.69 Å². The van der Waals surface area contributed by atoms with E-state index in [1.807, 2.05) is 46.7 Å². The molecule has 0 bridgehead atoms. The summed E-state index contributed by atoms with van der Waals surface area (Å²) >= 11 is 1.70. The van der Waals surface area contributed by atoms with E-state index in [-0.39, 0.29) is 12.5 Å². The van der Waals surface area contributed by atoms with Gasteiger partial charge >= 0.3 is 0 Å². The van der Waals surface area contributed by atoms with E-state index in [1.165, 1.54) is 4.88 Å². The molecule has 0 aliphatic carbocycles. The van der Waals surface area contributed by atoms with Crippen molar-refractivity contribution in [3.05, 3.63) is 52.7 Å². The Kier molecular flexibility index (Phi) is 6.43. The van der Waals surface area contributed by atoms with E-state index < -0.39 is 6.10 Å². The maximum absolute atomic E-state index is 12.1. The third-order valence-electron chi connectivity index (χ3n) is 3.21. The minimum atomic E-state index is -0.487. The number of aliphatic hydroxyl groups excluding tert-OH is 1. The van der Waals surface area contributed by atoms with E-state index in [9.17, 15) is 9.90 Å². The molecule has 22 heavy (non-hydrogen) atoms. The van der Waals surface area contributed by atoms with Crippen molar-refractivity contribution in [1.29, 1.82) is 0 Å². The van der Waals surface area contributed by atoms with Crippen LogP contribution in [0.1, 0.15) is 11.8 Å². The van der Waals surface area contributed by atoms with Gasteiger partial charge in [0.1, 0.15) is 0 Å². The molecule has 1 unspecified atom stereocenters. The van der Waals surface area contributed by atoms with Gasteiger partial charge in [-0.1, -0.05) is 24.3 Å². The highest BCUT2D eigenvalue weighted by atomic mass is 32.1. The first-order valence-electron chi connectivity index (χ1n) is 7.42. The number of rotatable bonds is 8. The van der Waals surface area contributed by atoms with Gasteiger partial charge in [0.15, 0.2) is 0 Å². The van der Waals surface area contributed by atoms with Crippen molar-refractivity contribution in [3.63, 3.8) is 0 Å². The second-order valence-corrected chi connectivity index (χ2v) is 6.28. The van der Waals surface area contributed by atoms with Crippen molar-refractivity contribution in [2.45, 2.75) is 19.4 Å². The van der Waals surface area contributed by atoms with Gasteiger partial charge in [-0.3, -0.25) is 4.79 Å². The molecule has 2 N–H and O–H groups in total. The fraction of sp³-hybridized carbons (Fsp3) is 0.353. The quantitative estimate of drug-likeness (QED) is 0.785. The molecule has 0 saturated carbocycles. The SMILES string of the molecule is CC(O)CN(CC(=O)NCCc1cccs1)c1ccccc1. The molecule has 1 aromatic heterocycles. The van der Waals surface area contributed by atoms with Gasteiger partial charge in [-0.2, -0.15) is 0 Å². The Morgan fingerprint density at radius 1 is 1.27 bits per heavy atom. The largest absolute Gasteiger partial charge is 0.392 e. The number of carbonyl (C=O) groups excluding carboxylic acids is 1. The van der Waals surface area contributed by atoms with Crippen LogP contribution in [0.25, 0.3) is 0 Å². The minimum absolute atomic E-state index is 0.0268. The van der Waals surface area contributed by atoms with Crippen molar-refractivity contribution in [2.75, 3.05) is 24.5 Å². The van der Waals surface area contributed by atoms with Crippen LogP contribution in [-0.4, -0.2) is 36.8 Å². The highest BCUT2D eigenvalue weighted by Gasteiger charge is 2.13. The third-order valence-corrected chi connectivity index (χ3v) is 4.15. The molecule has 4 nitrogen and oxygen atoms in total. The van der Waals surface area contributed by atoms with Gasteiger partial charge in [0.25, 0.3) is 0 Å². The summed E-state index contributed by atoms with van der Waals surface area (Å²) < 4.78 is 0. The van der Waals surface area contributed by atoms with E-state index >= 15 is 0 Å². The van der Waals surface area contributed by atoms with Crippen LogP contribution in [0.5, 0.6) is 0 Å². The lowest BCUT2D eigenvalue weighted by Gasteiger charge is -2.25. The van der Waals surface area contributed by atoms with Crippen molar-refractivity contribution in [1.82, 2.24) is 5.32 Å². The lowest BCUT2D eigenvalue weighted by molar-refractivity contribution is -0.119. The second-order valence-electron chi connectivity index (χ2n) is 5.24. The average Bonchev–Trinajstić information content (AvgIpc) is 3.00. The molecule has 1 amide bonds. The zero-order valence-corrected chi connectivity index (χ0v) is 13.6. The first-order chi connectivity index (χ1) is 10.6. The third kappa shape index (κ3) is 5.50. The molecule has 0 fully saturated rings. The topological polar surface area (TPSA) is 52.6 Å². The molecule has 2 aromatic rings. The average molecular weight is 318 g/mol. The lowest BCUT2D eigenvalue weighted by Crippen LogP contribution is -2.41. The summed E-state index contributed by atoms with van der Waals surface area (Å²) in [5.74, 6) is -0.0268. The van der Waals surface area contributed by atoms with E-state index in [4.69, 9.17) is 0 Å². The number of benzene rings is 1. The number of carbonyl (C=O) groups is 1. The fourth-order valence-electron chi connectivity index (χ4n) is 2.23. The number of nitrogens with zero attached hydrogens (tertiary/aromatic N) is 1. The number of anilines is 1. The molecule has 0 aliphatic heterocycles. The Morgan fingerprint density at radius 3 is 2.68 bits per heavy atom. The van der Waals surface area contributed by atoms with E-state index in [1.54, 1.807) is 18.3 Å². The number of hydrogen-bond donors (Lipinski definition) is 2. The van der Waals surface area contributed by atoms with E-state index in [0.717, 1.165) is 12.1 Å². The van der Waals surface area contributed by atoms with Crippen molar-refractivity contribution in [2.24, 2.45) is 0 Å². The standard InChI is InChI=1S/C17H22N2O2S/c1-14(20)12-19(15-6-3-2-4-7-15)13-17(21)18-10-9-16-8-5-11-22-16/h2-8,11,14,20H,9-10,12-13H2,1H3,(H,18,21). The molecule has 5 heteroatoms. The van der Waals surface area contributed by atoms with Gasteiger partial charge in [-0.15, -0.1) is 11.3 Å². The Morgan fingerprint density at radius 2 is 2.05 bits per heavy atom. The van der Waals surface area contributed by atoms with Crippen LogP contribution >= 0.6 is 11.3 Å². The summed E-state index contributed by atoms with van der Waals surface area (Å²) in [7, 11) is 0. The first kappa shape index (κ1) is 16.5. The monoisotopic (exact) mass is 318 g/mol. The summed E-state index contributed by atoms with van der Waals surface area (Å²) in [6, 6.07) is 13.8. The molecule has 0 aliphatic rings. The molecule has 1 aromatic carbocycles. The molecule has 1 atom stereocenters. The number of nitrogens with one attached hydrogen (secondary N) is 1. The van der Waals surface area contributed by atoms with Crippen LogP contribution in [0.2, 0.25) is 0 Å². The Hall–Kier alpha value is -1.85. The van der Waals surface area contributed by atoms with E-state index in [2.05, 4.69) is 11.4 Å². The summed E-state index contributed by atoms with van der Waals surface area (Å²) in [4.78, 5) is 15.3. The predicted molar refractivity (Wildman–Crippen MR) is 91.4 cm³/mol. The fourth-order valence-corrected chi connectivity index (χ4v) is 2.94. The lowest BCUT2D eigenvalue weighted by atomic mass is 10.2. The summed E-state index contributed by atoms with van der Waals surface area (Å²) in [6.07, 6.45) is 0.365. The van der Waals surface area contributed by atoms with E-state index in [0.29, 0.717) is 13.1 Å². The minimum Gasteiger partial charge on any atom is -0.392 e. The number of hydrogen-bond acceptors (Lipinski definition) is 4. The predicted octanol–water partition coefficient (Wildman–Crippen LogP) is 2.29. The van der Waals surface area contributed by atoms with Crippen LogP contribution in [0.15, 0.2) is 47.8 Å². The highest BCUT2D eigenvalue weighted by Crippen LogP contribution is 2.13. The van der Waals surface area contributed by atoms with Crippen LogP contribution in [0, 0.1) is 0 Å². The van der Waals surface area contributed by atoms with Crippen molar-refractivity contribution < 1.29 is 9.90 Å². The zero-order valence-electron chi connectivity index (χ0n) is 12.7. The van der Waals surface area contributed by atoms with Crippen LogP contribution < -0.4 is 10.2 Å². The van der Waals surface area contributed by atoms with Gasteiger partial charge < -0.3 is 15.3 Å². The van der Waals surface area contributed by atoms with Crippen molar-refractivity contribution >= 4 is 22.9 Å². The molecule has 0 radical (unpaired) electrons. The summed E-state index contributed by atoms with van der Waals surface area (Å²) in [5.41, 5.74) is 0.941. The highest BCUT2D eigenvalue weighted by molar-refractivity contribution is 7.09. The normalized spacial score (nSPS) is 11.9. The molecular weight excluding hydrogens is 296 g/mol. The van der Waals surface area contributed by atoms with Crippen LogP contribution in [0.3, 0.4) is 0 Å². The summed E-state index contributed by atoms with van der Waals surface area (Å²) in [5, 5.41) is 14.6. The van der Waals surface area contributed by atoms with Gasteiger partial charge in [-0.05, 0) is 36.9 Å². The van der Waals surface area contributed by atoms with Crippen LogP contribution in [-0.2, 0) is 11.2 Å². The first-order valence-corrected chi connectivity index (χ1v) is 8.30. The molecular formula is C17H22N2O2S. The van der Waals surface area contributed by atoms with Gasteiger partial charge in [0.05, 0.1) is 12.6 Å². The number of amides is 1. The molecule has 2 rings (SSSR count). The number of thiophene rings is 1. The second kappa shape index (κ2) is 8.56. The maximum atomic E-state index is 12.1.